The van der Waals surface area contributed by atoms with Crippen LogP contribution in [-0.4, -0.2) is 24.5 Å². The highest BCUT2D eigenvalue weighted by atomic mass is 16.2. The van der Waals surface area contributed by atoms with Crippen LogP contribution in [0.15, 0.2) is 24.3 Å². The lowest BCUT2D eigenvalue weighted by Crippen LogP contribution is -2.42. The highest BCUT2D eigenvalue weighted by Crippen LogP contribution is 2.08. The summed E-state index contributed by atoms with van der Waals surface area (Å²) in [5.41, 5.74) is 1.10. The van der Waals surface area contributed by atoms with Gasteiger partial charge in [0.1, 0.15) is 0 Å². The van der Waals surface area contributed by atoms with E-state index in [0.29, 0.717) is 11.3 Å². The lowest BCUT2D eigenvalue weighted by Gasteiger charge is -2.10. The average molecular weight is 260 g/mol. The summed E-state index contributed by atoms with van der Waals surface area (Å²) in [5.74, 6) is -0.330. The first-order valence-corrected chi connectivity index (χ1v) is 5.85. The summed E-state index contributed by atoms with van der Waals surface area (Å²) >= 11 is 0. The van der Waals surface area contributed by atoms with E-state index in [2.05, 4.69) is 16.0 Å². The standard InChI is InChI=1S/C13H16N4O2/c1-9(2)16-13(19)15-8-12(18)17-11-5-3-10(7-14)4-6-11/h3-6,9H,8H2,1-2H3,(H,17,18)(H2,15,16,19). The lowest BCUT2D eigenvalue weighted by molar-refractivity contribution is -0.115. The van der Waals surface area contributed by atoms with Crippen LogP contribution in [0.5, 0.6) is 0 Å². The van der Waals surface area contributed by atoms with Crippen molar-refractivity contribution >= 4 is 17.6 Å². The van der Waals surface area contributed by atoms with Gasteiger partial charge >= 0.3 is 6.03 Å². The predicted octanol–water partition coefficient (Wildman–Crippen LogP) is 1.20. The fourth-order valence-corrected chi connectivity index (χ4v) is 1.31. The third kappa shape index (κ3) is 5.55. The summed E-state index contributed by atoms with van der Waals surface area (Å²) in [7, 11) is 0. The molecule has 1 aromatic carbocycles. The number of amides is 3. The molecule has 6 heteroatoms. The molecular formula is C13H16N4O2. The Morgan fingerprint density at radius 1 is 1.26 bits per heavy atom. The van der Waals surface area contributed by atoms with Crippen molar-refractivity contribution in [2.75, 3.05) is 11.9 Å². The van der Waals surface area contributed by atoms with Gasteiger partial charge in [0.2, 0.25) is 5.91 Å². The Bertz CT molecular complexity index is 488. The Hall–Kier alpha value is -2.55. The molecule has 0 fully saturated rings. The van der Waals surface area contributed by atoms with Gasteiger partial charge in [-0.25, -0.2) is 4.79 Å². The van der Waals surface area contributed by atoms with Gasteiger partial charge in [0.15, 0.2) is 0 Å². The summed E-state index contributed by atoms with van der Waals surface area (Å²) < 4.78 is 0. The molecule has 1 rings (SSSR count). The minimum atomic E-state index is -0.384. The van der Waals surface area contributed by atoms with Gasteiger partial charge in [-0.3, -0.25) is 4.79 Å². The highest BCUT2D eigenvalue weighted by Gasteiger charge is 2.06. The molecule has 0 saturated carbocycles. The molecule has 6 nitrogen and oxygen atoms in total. The van der Waals surface area contributed by atoms with Crippen LogP contribution in [0.25, 0.3) is 0 Å². The first kappa shape index (κ1) is 14.5. The zero-order valence-corrected chi connectivity index (χ0v) is 10.9. The van der Waals surface area contributed by atoms with E-state index in [-0.39, 0.29) is 24.5 Å². The van der Waals surface area contributed by atoms with E-state index in [9.17, 15) is 9.59 Å². The number of anilines is 1. The van der Waals surface area contributed by atoms with Crippen molar-refractivity contribution in [3.8, 4) is 6.07 Å². The average Bonchev–Trinajstić information content (AvgIpc) is 2.36. The molecule has 0 radical (unpaired) electrons. The summed E-state index contributed by atoms with van der Waals surface area (Å²) in [5, 5.41) is 16.3. The van der Waals surface area contributed by atoms with Crippen LogP contribution in [0.3, 0.4) is 0 Å². The second-order valence-corrected chi connectivity index (χ2v) is 4.22. The smallest absolute Gasteiger partial charge is 0.315 e. The largest absolute Gasteiger partial charge is 0.336 e. The number of nitrogens with one attached hydrogen (secondary N) is 3. The Balaban J connectivity index is 2.38. The van der Waals surface area contributed by atoms with E-state index in [1.54, 1.807) is 24.3 Å². The molecule has 0 aromatic heterocycles. The van der Waals surface area contributed by atoms with E-state index in [4.69, 9.17) is 5.26 Å². The molecule has 0 atom stereocenters. The SMILES string of the molecule is CC(C)NC(=O)NCC(=O)Nc1ccc(C#N)cc1. The number of hydrogen-bond donors (Lipinski definition) is 3. The molecule has 0 bridgehead atoms. The van der Waals surface area contributed by atoms with Crippen LogP contribution in [0.1, 0.15) is 19.4 Å². The molecule has 0 aliphatic heterocycles. The molecule has 1 aromatic rings. The zero-order valence-electron chi connectivity index (χ0n) is 10.9. The molecule has 3 N–H and O–H groups in total. The molecular weight excluding hydrogens is 244 g/mol. The molecule has 0 spiro atoms. The van der Waals surface area contributed by atoms with Crippen molar-refractivity contribution in [2.45, 2.75) is 19.9 Å². The lowest BCUT2D eigenvalue weighted by atomic mass is 10.2. The summed E-state index contributed by atoms with van der Waals surface area (Å²) in [6.45, 7) is 3.55. The maximum Gasteiger partial charge on any atom is 0.315 e. The third-order valence-electron chi connectivity index (χ3n) is 2.13. The molecule has 0 aliphatic carbocycles. The minimum absolute atomic E-state index is 0.0154. The van der Waals surface area contributed by atoms with Crippen molar-refractivity contribution in [3.05, 3.63) is 29.8 Å². The molecule has 0 aliphatic rings. The first-order valence-electron chi connectivity index (χ1n) is 5.85. The number of benzene rings is 1. The van der Waals surface area contributed by atoms with Gasteiger partial charge in [0.25, 0.3) is 0 Å². The molecule has 100 valence electrons. The zero-order chi connectivity index (χ0) is 14.3. The van der Waals surface area contributed by atoms with E-state index in [1.807, 2.05) is 19.9 Å². The number of hydrogen-bond acceptors (Lipinski definition) is 3. The number of nitrogens with zero attached hydrogens (tertiary/aromatic N) is 1. The van der Waals surface area contributed by atoms with E-state index < -0.39 is 0 Å². The predicted molar refractivity (Wildman–Crippen MR) is 71.5 cm³/mol. The fraction of sp³-hybridized carbons (Fsp3) is 0.308. The van der Waals surface area contributed by atoms with Crippen LogP contribution >= 0.6 is 0 Å². The first-order chi connectivity index (χ1) is 9.01. The third-order valence-corrected chi connectivity index (χ3v) is 2.13. The second kappa shape index (κ2) is 7.01. The summed E-state index contributed by atoms with van der Waals surface area (Å²) in [6.07, 6.45) is 0. The van der Waals surface area contributed by atoms with Gasteiger partial charge in [-0.1, -0.05) is 0 Å². The maximum absolute atomic E-state index is 11.5. The van der Waals surface area contributed by atoms with Crippen molar-refractivity contribution in [1.29, 1.82) is 5.26 Å². The molecule has 0 saturated heterocycles. The van der Waals surface area contributed by atoms with Crippen molar-refractivity contribution in [3.63, 3.8) is 0 Å². The number of carbonyl (C=O) groups excluding carboxylic acids is 2. The number of nitriles is 1. The number of carbonyl (C=O) groups is 2. The summed E-state index contributed by atoms with van der Waals surface area (Å²) in [4.78, 5) is 22.8. The van der Waals surface area contributed by atoms with E-state index in [1.165, 1.54) is 0 Å². The van der Waals surface area contributed by atoms with Crippen LogP contribution in [0.2, 0.25) is 0 Å². The fourth-order valence-electron chi connectivity index (χ4n) is 1.31. The molecule has 0 unspecified atom stereocenters. The van der Waals surface area contributed by atoms with Crippen LogP contribution in [-0.2, 0) is 4.79 Å². The Morgan fingerprint density at radius 3 is 2.42 bits per heavy atom. The van der Waals surface area contributed by atoms with Gasteiger partial charge in [-0.05, 0) is 38.1 Å². The van der Waals surface area contributed by atoms with Gasteiger partial charge in [-0.15, -0.1) is 0 Å². The Morgan fingerprint density at radius 2 is 1.89 bits per heavy atom. The van der Waals surface area contributed by atoms with Crippen LogP contribution in [0, 0.1) is 11.3 Å². The van der Waals surface area contributed by atoms with Crippen LogP contribution in [0.4, 0.5) is 10.5 Å². The number of urea groups is 1. The second-order valence-electron chi connectivity index (χ2n) is 4.22. The van der Waals surface area contributed by atoms with E-state index >= 15 is 0 Å². The van der Waals surface area contributed by atoms with Crippen molar-refractivity contribution in [1.82, 2.24) is 10.6 Å². The molecule has 3 amide bonds. The van der Waals surface area contributed by atoms with Crippen molar-refractivity contribution < 1.29 is 9.59 Å². The van der Waals surface area contributed by atoms with Gasteiger partial charge in [-0.2, -0.15) is 5.26 Å². The monoisotopic (exact) mass is 260 g/mol. The Labute approximate surface area is 111 Å². The molecule has 0 heterocycles. The maximum atomic E-state index is 11.5. The van der Waals surface area contributed by atoms with Crippen molar-refractivity contribution in [2.24, 2.45) is 0 Å². The minimum Gasteiger partial charge on any atom is -0.336 e. The highest BCUT2D eigenvalue weighted by molar-refractivity contribution is 5.94. The topological polar surface area (TPSA) is 94.0 Å². The van der Waals surface area contributed by atoms with Gasteiger partial charge in [0, 0.05) is 11.7 Å². The van der Waals surface area contributed by atoms with Gasteiger partial charge < -0.3 is 16.0 Å². The van der Waals surface area contributed by atoms with E-state index in [0.717, 1.165) is 0 Å². The van der Waals surface area contributed by atoms with Crippen LogP contribution < -0.4 is 16.0 Å². The quantitative estimate of drug-likeness (QED) is 0.759. The van der Waals surface area contributed by atoms with Gasteiger partial charge in [0.05, 0.1) is 18.2 Å². The normalized spacial score (nSPS) is 9.58. The molecule has 19 heavy (non-hydrogen) atoms. The number of rotatable bonds is 4. The Kier molecular flexibility index (Phi) is 5.35. The summed E-state index contributed by atoms with van der Waals surface area (Å²) in [6, 6.07) is 8.09.